The van der Waals surface area contributed by atoms with E-state index in [4.69, 9.17) is 4.74 Å². The lowest BCUT2D eigenvalue weighted by molar-refractivity contribution is 0.0519. The Morgan fingerprint density at radius 3 is 2.65 bits per heavy atom. The summed E-state index contributed by atoms with van der Waals surface area (Å²) in [5, 5.41) is 0.485. The van der Waals surface area contributed by atoms with Crippen LogP contribution >= 0.6 is 11.8 Å². The maximum Gasteiger partial charge on any atom is 0.357 e. The second-order valence-electron chi connectivity index (χ2n) is 3.85. The monoisotopic (exact) mass is 292 g/mol. The summed E-state index contributed by atoms with van der Waals surface area (Å²) < 4.78 is 18.0. The molecule has 6 heteroatoms. The van der Waals surface area contributed by atoms with Gasteiger partial charge in [0.25, 0.3) is 0 Å². The van der Waals surface area contributed by atoms with Crippen LogP contribution in [-0.4, -0.2) is 28.8 Å². The average Bonchev–Trinajstić information content (AvgIpc) is 2.48. The molecule has 0 bridgehead atoms. The highest BCUT2D eigenvalue weighted by atomic mass is 32.2. The molecule has 0 unspecified atom stereocenters. The van der Waals surface area contributed by atoms with Crippen molar-refractivity contribution in [2.75, 3.05) is 12.9 Å². The number of rotatable bonds is 4. The van der Waals surface area contributed by atoms with Crippen LogP contribution < -0.4 is 0 Å². The van der Waals surface area contributed by atoms with Crippen LogP contribution in [0.5, 0.6) is 0 Å². The molecule has 0 radical (unpaired) electrons. The zero-order chi connectivity index (χ0) is 14.5. The van der Waals surface area contributed by atoms with E-state index in [1.165, 1.54) is 23.9 Å². The van der Waals surface area contributed by atoms with E-state index in [9.17, 15) is 9.18 Å². The first-order chi connectivity index (χ1) is 9.65. The lowest BCUT2D eigenvalue weighted by Crippen LogP contribution is -2.10. The van der Waals surface area contributed by atoms with E-state index in [1.807, 2.05) is 6.26 Å². The second kappa shape index (κ2) is 6.47. The standard InChI is InChI=1S/C14H13FN2O2S/c1-3-19-13(18)12-11(8-16-14(17-12)20-2)9-4-6-10(15)7-5-9/h4-8H,3H2,1-2H3. The lowest BCUT2D eigenvalue weighted by Gasteiger charge is -2.09. The number of esters is 1. The van der Waals surface area contributed by atoms with E-state index in [1.54, 1.807) is 25.3 Å². The normalized spacial score (nSPS) is 10.3. The van der Waals surface area contributed by atoms with Crippen molar-refractivity contribution in [2.24, 2.45) is 0 Å². The van der Waals surface area contributed by atoms with Crippen LogP contribution in [0.2, 0.25) is 0 Å². The minimum Gasteiger partial charge on any atom is -0.461 e. The first kappa shape index (κ1) is 14.5. The van der Waals surface area contributed by atoms with Crippen LogP contribution in [0.3, 0.4) is 0 Å². The number of carbonyl (C=O) groups is 1. The number of hydrogen-bond acceptors (Lipinski definition) is 5. The van der Waals surface area contributed by atoms with Crippen LogP contribution in [0.4, 0.5) is 4.39 Å². The van der Waals surface area contributed by atoms with Crippen molar-refractivity contribution in [3.8, 4) is 11.1 Å². The summed E-state index contributed by atoms with van der Waals surface area (Å²) in [5.41, 5.74) is 1.39. The van der Waals surface area contributed by atoms with Gasteiger partial charge in [0.1, 0.15) is 5.82 Å². The molecule has 0 atom stereocenters. The van der Waals surface area contributed by atoms with Gasteiger partial charge in [0.15, 0.2) is 10.9 Å². The van der Waals surface area contributed by atoms with Gasteiger partial charge in [-0.25, -0.2) is 19.2 Å². The number of benzene rings is 1. The molecule has 0 aliphatic heterocycles. The van der Waals surface area contributed by atoms with Gasteiger partial charge in [0, 0.05) is 11.8 Å². The third-order valence-electron chi connectivity index (χ3n) is 2.57. The van der Waals surface area contributed by atoms with Gasteiger partial charge in [-0.1, -0.05) is 23.9 Å². The van der Waals surface area contributed by atoms with Gasteiger partial charge in [-0.2, -0.15) is 0 Å². The maximum atomic E-state index is 13.0. The summed E-state index contributed by atoms with van der Waals surface area (Å²) in [4.78, 5) is 20.3. The van der Waals surface area contributed by atoms with E-state index < -0.39 is 5.97 Å². The Hall–Kier alpha value is -1.95. The van der Waals surface area contributed by atoms with Crippen LogP contribution in [0.1, 0.15) is 17.4 Å². The molecule has 20 heavy (non-hydrogen) atoms. The molecule has 0 fully saturated rings. The summed E-state index contributed by atoms with van der Waals surface area (Å²) >= 11 is 1.33. The molecular formula is C14H13FN2O2S. The van der Waals surface area contributed by atoms with Crippen molar-refractivity contribution in [2.45, 2.75) is 12.1 Å². The van der Waals surface area contributed by atoms with E-state index in [-0.39, 0.29) is 18.1 Å². The fraction of sp³-hybridized carbons (Fsp3) is 0.214. The molecule has 0 amide bonds. The predicted molar refractivity (Wildman–Crippen MR) is 75.2 cm³/mol. The Kier molecular flexibility index (Phi) is 4.68. The van der Waals surface area contributed by atoms with Gasteiger partial charge in [-0.05, 0) is 30.9 Å². The topological polar surface area (TPSA) is 52.1 Å². The molecule has 0 saturated heterocycles. The minimum absolute atomic E-state index is 0.192. The molecule has 0 spiro atoms. The van der Waals surface area contributed by atoms with Crippen LogP contribution in [-0.2, 0) is 4.74 Å². The molecule has 2 aromatic rings. The first-order valence-electron chi connectivity index (χ1n) is 5.99. The fourth-order valence-corrected chi connectivity index (χ4v) is 2.00. The van der Waals surface area contributed by atoms with Crippen molar-refractivity contribution >= 4 is 17.7 Å². The van der Waals surface area contributed by atoms with Crippen LogP contribution in [0.15, 0.2) is 35.6 Å². The largest absolute Gasteiger partial charge is 0.461 e. The minimum atomic E-state index is -0.510. The SMILES string of the molecule is CCOC(=O)c1nc(SC)ncc1-c1ccc(F)cc1. The molecule has 0 aliphatic rings. The van der Waals surface area contributed by atoms with Crippen molar-refractivity contribution in [3.05, 3.63) is 42.0 Å². The molecule has 2 rings (SSSR count). The quantitative estimate of drug-likeness (QED) is 0.492. The molecule has 1 aromatic carbocycles. The highest BCUT2D eigenvalue weighted by Gasteiger charge is 2.17. The number of aromatic nitrogens is 2. The third-order valence-corrected chi connectivity index (χ3v) is 3.14. The molecule has 0 N–H and O–H groups in total. The Morgan fingerprint density at radius 1 is 1.35 bits per heavy atom. The van der Waals surface area contributed by atoms with Crippen LogP contribution in [0, 0.1) is 5.82 Å². The number of halogens is 1. The first-order valence-corrected chi connectivity index (χ1v) is 7.22. The highest BCUT2D eigenvalue weighted by molar-refractivity contribution is 7.98. The van der Waals surface area contributed by atoms with Gasteiger partial charge in [-0.3, -0.25) is 0 Å². The third kappa shape index (κ3) is 3.14. The van der Waals surface area contributed by atoms with Gasteiger partial charge >= 0.3 is 5.97 Å². The van der Waals surface area contributed by atoms with Crippen molar-refractivity contribution < 1.29 is 13.9 Å². The van der Waals surface area contributed by atoms with E-state index >= 15 is 0 Å². The molecule has 0 saturated carbocycles. The highest BCUT2D eigenvalue weighted by Crippen LogP contribution is 2.24. The Balaban J connectivity index is 2.51. The van der Waals surface area contributed by atoms with E-state index in [0.29, 0.717) is 16.3 Å². The fourth-order valence-electron chi connectivity index (χ4n) is 1.66. The summed E-state index contributed by atoms with van der Waals surface area (Å²) in [5.74, 6) is -0.849. The number of hydrogen-bond donors (Lipinski definition) is 0. The van der Waals surface area contributed by atoms with Crippen molar-refractivity contribution in [1.29, 1.82) is 0 Å². The Morgan fingerprint density at radius 2 is 2.05 bits per heavy atom. The van der Waals surface area contributed by atoms with Gasteiger partial charge in [0.2, 0.25) is 0 Å². The van der Waals surface area contributed by atoms with Crippen molar-refractivity contribution in [1.82, 2.24) is 9.97 Å². The molecule has 4 nitrogen and oxygen atoms in total. The molecule has 104 valence electrons. The van der Waals surface area contributed by atoms with E-state index in [2.05, 4.69) is 9.97 Å². The maximum absolute atomic E-state index is 13.0. The number of carbonyl (C=O) groups excluding carboxylic acids is 1. The van der Waals surface area contributed by atoms with Crippen LogP contribution in [0.25, 0.3) is 11.1 Å². The predicted octanol–water partition coefficient (Wildman–Crippen LogP) is 3.18. The second-order valence-corrected chi connectivity index (χ2v) is 4.62. The summed E-state index contributed by atoms with van der Waals surface area (Å²) in [6.07, 6.45) is 3.38. The molecular weight excluding hydrogens is 279 g/mol. The zero-order valence-electron chi connectivity index (χ0n) is 11.1. The summed E-state index contributed by atoms with van der Waals surface area (Å²) in [6.45, 7) is 1.99. The number of nitrogens with zero attached hydrogens (tertiary/aromatic N) is 2. The summed E-state index contributed by atoms with van der Waals surface area (Å²) in [7, 11) is 0. The Bertz CT molecular complexity index is 617. The van der Waals surface area contributed by atoms with Gasteiger partial charge in [-0.15, -0.1) is 0 Å². The lowest BCUT2D eigenvalue weighted by atomic mass is 10.1. The van der Waals surface area contributed by atoms with E-state index in [0.717, 1.165) is 0 Å². The molecule has 0 aliphatic carbocycles. The zero-order valence-corrected chi connectivity index (χ0v) is 11.9. The molecule has 1 aromatic heterocycles. The summed E-state index contributed by atoms with van der Waals surface area (Å²) in [6, 6.07) is 5.81. The van der Waals surface area contributed by atoms with Crippen molar-refractivity contribution in [3.63, 3.8) is 0 Å². The average molecular weight is 292 g/mol. The smallest absolute Gasteiger partial charge is 0.357 e. The Labute approximate surface area is 120 Å². The number of thioether (sulfide) groups is 1. The van der Waals surface area contributed by atoms with Gasteiger partial charge in [0.05, 0.1) is 6.61 Å². The van der Waals surface area contributed by atoms with Gasteiger partial charge < -0.3 is 4.74 Å². The molecule has 1 heterocycles. The number of ether oxygens (including phenoxy) is 1.